The molecule has 0 N–H and O–H groups in total. The van der Waals surface area contributed by atoms with Gasteiger partial charge in [0.05, 0.1) is 11.4 Å². The summed E-state index contributed by atoms with van der Waals surface area (Å²) in [5.41, 5.74) is 6.33. The van der Waals surface area contributed by atoms with E-state index < -0.39 is 0 Å². The zero-order chi connectivity index (χ0) is 19.1. The van der Waals surface area contributed by atoms with Crippen molar-refractivity contribution in [1.82, 2.24) is 0 Å². The van der Waals surface area contributed by atoms with E-state index >= 15 is 0 Å². The maximum Gasteiger partial charge on any atom is 0.0604 e. The summed E-state index contributed by atoms with van der Waals surface area (Å²) in [6.45, 7) is 12.3. The maximum absolute atomic E-state index is 2.38. The van der Waals surface area contributed by atoms with Gasteiger partial charge in [-0.05, 0) is 61.4 Å². The molecule has 4 rings (SSSR count). The zero-order valence-corrected chi connectivity index (χ0v) is 17.5. The lowest BCUT2D eigenvalue weighted by atomic mass is 10.1. The fourth-order valence-corrected chi connectivity index (χ4v) is 3.90. The molecule has 1 nitrogen and oxygen atoms in total. The average Bonchev–Trinajstić information content (AvgIpc) is 2.70. The Morgan fingerprint density at radius 3 is 1.54 bits per heavy atom. The summed E-state index contributed by atoms with van der Waals surface area (Å²) < 4.78 is 0. The molecule has 0 spiro atoms. The van der Waals surface area contributed by atoms with Crippen LogP contribution in [0.15, 0.2) is 76.5 Å². The van der Waals surface area contributed by atoms with E-state index in [1.165, 1.54) is 38.0 Å². The van der Waals surface area contributed by atoms with Crippen LogP contribution < -0.4 is 4.90 Å². The van der Waals surface area contributed by atoms with E-state index in [2.05, 4.69) is 85.5 Å². The van der Waals surface area contributed by atoms with Crippen LogP contribution in [0.1, 0.15) is 38.8 Å². The number of nitrogens with zero attached hydrogens (tertiary/aromatic N) is 1. The standard InChI is InChI=1S/C20H17NS.2C2H6/c1-14-8-10-19-17(12-14)21(16-6-4-3-5-7-16)18-13-15(2)9-11-20(18)22-19;2*1-2/h3-13H,1-2H3;2*1-2H3. The number of para-hydroxylation sites is 1. The molecule has 0 aliphatic carbocycles. The molecule has 0 saturated carbocycles. The van der Waals surface area contributed by atoms with E-state index in [0.717, 1.165) is 0 Å². The van der Waals surface area contributed by atoms with Crippen LogP contribution in [0.3, 0.4) is 0 Å². The van der Waals surface area contributed by atoms with E-state index in [4.69, 9.17) is 0 Å². The minimum Gasteiger partial charge on any atom is -0.308 e. The van der Waals surface area contributed by atoms with Crippen LogP contribution in [0.25, 0.3) is 0 Å². The number of hydrogen-bond acceptors (Lipinski definition) is 2. The third kappa shape index (κ3) is 4.13. The lowest BCUT2D eigenvalue weighted by Crippen LogP contribution is -2.15. The maximum atomic E-state index is 2.38. The average molecular weight is 364 g/mol. The second-order valence-electron chi connectivity index (χ2n) is 5.72. The van der Waals surface area contributed by atoms with Crippen molar-refractivity contribution in [3.63, 3.8) is 0 Å². The summed E-state index contributed by atoms with van der Waals surface area (Å²) in [7, 11) is 0. The first-order chi connectivity index (χ1) is 12.7. The highest BCUT2D eigenvalue weighted by Crippen LogP contribution is 2.51. The van der Waals surface area contributed by atoms with Crippen molar-refractivity contribution in [2.45, 2.75) is 51.3 Å². The molecule has 0 amide bonds. The molecular formula is C24H29NS. The molecule has 0 radical (unpaired) electrons. The number of benzene rings is 3. The second kappa shape index (κ2) is 9.49. The van der Waals surface area contributed by atoms with Gasteiger partial charge >= 0.3 is 0 Å². The Morgan fingerprint density at radius 2 is 1.08 bits per heavy atom. The lowest BCUT2D eigenvalue weighted by molar-refractivity contribution is 1.15. The summed E-state index contributed by atoms with van der Waals surface area (Å²) >= 11 is 1.86. The summed E-state index contributed by atoms with van der Waals surface area (Å²) in [6.07, 6.45) is 0. The third-order valence-electron chi connectivity index (χ3n) is 3.94. The zero-order valence-electron chi connectivity index (χ0n) is 16.7. The predicted octanol–water partition coefficient (Wildman–Crippen LogP) is 8.29. The number of aryl methyl sites for hydroxylation is 2. The molecule has 1 heterocycles. The fraction of sp³-hybridized carbons (Fsp3) is 0.250. The van der Waals surface area contributed by atoms with Crippen LogP contribution in [0.5, 0.6) is 0 Å². The topological polar surface area (TPSA) is 3.24 Å². The highest BCUT2D eigenvalue weighted by atomic mass is 32.2. The molecular weight excluding hydrogens is 334 g/mol. The smallest absolute Gasteiger partial charge is 0.0604 e. The van der Waals surface area contributed by atoms with Crippen molar-refractivity contribution in [1.29, 1.82) is 0 Å². The molecule has 2 heteroatoms. The van der Waals surface area contributed by atoms with E-state index in [-0.39, 0.29) is 0 Å². The highest BCUT2D eigenvalue weighted by molar-refractivity contribution is 7.99. The quantitative estimate of drug-likeness (QED) is 0.334. The van der Waals surface area contributed by atoms with E-state index in [1.807, 2.05) is 39.5 Å². The number of rotatable bonds is 1. The molecule has 0 unspecified atom stereocenters. The minimum atomic E-state index is 1.21. The summed E-state index contributed by atoms with van der Waals surface area (Å²) in [5, 5.41) is 0. The van der Waals surface area contributed by atoms with Gasteiger partial charge in [0, 0.05) is 15.5 Å². The van der Waals surface area contributed by atoms with Gasteiger partial charge in [0.25, 0.3) is 0 Å². The molecule has 136 valence electrons. The Balaban J connectivity index is 0.000000570. The van der Waals surface area contributed by atoms with Gasteiger partial charge in [-0.3, -0.25) is 0 Å². The molecule has 0 fully saturated rings. The summed E-state index contributed by atoms with van der Waals surface area (Å²) in [4.78, 5) is 5.00. The Bertz CT molecular complexity index is 789. The number of anilines is 3. The first kappa shape index (κ1) is 20.1. The molecule has 0 aromatic heterocycles. The number of fused-ring (bicyclic) bond motifs is 2. The van der Waals surface area contributed by atoms with Crippen LogP contribution in [0.2, 0.25) is 0 Å². The molecule has 1 aliphatic heterocycles. The predicted molar refractivity (Wildman–Crippen MR) is 117 cm³/mol. The van der Waals surface area contributed by atoms with Gasteiger partial charge in [0.2, 0.25) is 0 Å². The first-order valence-corrected chi connectivity index (χ1v) is 10.3. The SMILES string of the molecule is CC.CC.Cc1ccc2c(c1)N(c1ccccc1)c1cc(C)ccc1S2. The molecule has 0 saturated heterocycles. The van der Waals surface area contributed by atoms with Crippen LogP contribution in [-0.2, 0) is 0 Å². The molecule has 3 aromatic carbocycles. The van der Waals surface area contributed by atoms with Gasteiger partial charge in [0.1, 0.15) is 0 Å². The van der Waals surface area contributed by atoms with Crippen molar-refractivity contribution >= 4 is 28.8 Å². The molecule has 0 bridgehead atoms. The van der Waals surface area contributed by atoms with Gasteiger partial charge in [-0.1, -0.05) is 69.8 Å². The first-order valence-electron chi connectivity index (χ1n) is 9.47. The van der Waals surface area contributed by atoms with Crippen LogP contribution in [0, 0.1) is 13.8 Å². The van der Waals surface area contributed by atoms with Crippen LogP contribution in [-0.4, -0.2) is 0 Å². The van der Waals surface area contributed by atoms with E-state index in [0.29, 0.717) is 0 Å². The van der Waals surface area contributed by atoms with Crippen molar-refractivity contribution in [3.05, 3.63) is 77.9 Å². The molecule has 0 atom stereocenters. The summed E-state index contributed by atoms with van der Waals surface area (Å²) in [5.74, 6) is 0. The van der Waals surface area contributed by atoms with Gasteiger partial charge in [-0.15, -0.1) is 0 Å². The lowest BCUT2D eigenvalue weighted by Gasteiger charge is -2.33. The van der Waals surface area contributed by atoms with Crippen molar-refractivity contribution in [2.75, 3.05) is 4.90 Å². The Kier molecular flexibility index (Phi) is 7.35. The normalized spacial score (nSPS) is 11.2. The van der Waals surface area contributed by atoms with Gasteiger partial charge in [0.15, 0.2) is 0 Å². The monoisotopic (exact) mass is 363 g/mol. The van der Waals surface area contributed by atoms with E-state index in [9.17, 15) is 0 Å². The Morgan fingerprint density at radius 1 is 0.615 bits per heavy atom. The van der Waals surface area contributed by atoms with E-state index in [1.54, 1.807) is 0 Å². The Hall–Kier alpha value is -2.19. The minimum absolute atomic E-state index is 1.21. The Labute approximate surface area is 163 Å². The van der Waals surface area contributed by atoms with Crippen LogP contribution >= 0.6 is 11.8 Å². The summed E-state index contributed by atoms with van der Waals surface area (Å²) in [6, 6.07) is 24.0. The third-order valence-corrected chi connectivity index (χ3v) is 5.08. The largest absolute Gasteiger partial charge is 0.308 e. The van der Waals surface area contributed by atoms with Gasteiger partial charge in [-0.2, -0.15) is 0 Å². The molecule has 3 aromatic rings. The molecule has 1 aliphatic rings. The van der Waals surface area contributed by atoms with Gasteiger partial charge < -0.3 is 4.90 Å². The number of hydrogen-bond donors (Lipinski definition) is 0. The van der Waals surface area contributed by atoms with Gasteiger partial charge in [-0.25, -0.2) is 0 Å². The second-order valence-corrected chi connectivity index (χ2v) is 6.80. The fourth-order valence-electron chi connectivity index (χ4n) is 2.88. The van der Waals surface area contributed by atoms with Crippen molar-refractivity contribution in [2.24, 2.45) is 0 Å². The van der Waals surface area contributed by atoms with Crippen molar-refractivity contribution in [3.8, 4) is 0 Å². The molecule has 26 heavy (non-hydrogen) atoms. The van der Waals surface area contributed by atoms with Crippen molar-refractivity contribution < 1.29 is 0 Å². The van der Waals surface area contributed by atoms with Crippen LogP contribution in [0.4, 0.5) is 17.1 Å². The highest BCUT2D eigenvalue weighted by Gasteiger charge is 2.24.